The highest BCUT2D eigenvalue weighted by atomic mass is 35.5. The van der Waals surface area contributed by atoms with Crippen molar-refractivity contribution >= 4 is 23.4 Å². The Balaban J connectivity index is 2.30. The van der Waals surface area contributed by atoms with Gasteiger partial charge in [0.25, 0.3) is 0 Å². The third-order valence-electron chi connectivity index (χ3n) is 3.32. The molecule has 0 aromatic heterocycles. The number of ether oxygens (including phenoxy) is 1. The van der Waals surface area contributed by atoms with Crippen LogP contribution in [0.15, 0.2) is 47.4 Å². The highest BCUT2D eigenvalue weighted by Crippen LogP contribution is 2.31. The molecule has 0 fully saturated rings. The first-order valence-corrected chi connectivity index (χ1v) is 8.29. The fraction of sp³-hybridized carbons (Fsp3) is 0.294. The smallest absolute Gasteiger partial charge is 0.137 e. The van der Waals surface area contributed by atoms with Crippen molar-refractivity contribution in [2.24, 2.45) is 0 Å². The molecule has 2 aromatic rings. The quantitative estimate of drug-likeness (QED) is 0.774. The van der Waals surface area contributed by atoms with E-state index >= 15 is 0 Å². The first-order valence-electron chi connectivity index (χ1n) is 6.93. The molecule has 0 aliphatic heterocycles. The van der Waals surface area contributed by atoms with Gasteiger partial charge in [-0.05, 0) is 48.2 Å². The van der Waals surface area contributed by atoms with Gasteiger partial charge in [-0.2, -0.15) is 0 Å². The molecule has 0 saturated carbocycles. The molecule has 0 bridgehead atoms. The summed E-state index contributed by atoms with van der Waals surface area (Å²) < 4.78 is 5.30. The summed E-state index contributed by atoms with van der Waals surface area (Å²) in [5, 5.41) is 3.98. The summed E-state index contributed by atoms with van der Waals surface area (Å²) in [5.74, 6) is 1.79. The number of benzene rings is 2. The van der Waals surface area contributed by atoms with Gasteiger partial charge in [-0.25, -0.2) is 0 Å². The summed E-state index contributed by atoms with van der Waals surface area (Å²) in [4.78, 5) is 1.30. The fourth-order valence-corrected chi connectivity index (χ4v) is 3.16. The summed E-state index contributed by atoms with van der Waals surface area (Å²) in [6, 6.07) is 14.7. The molecule has 2 rings (SSSR count). The van der Waals surface area contributed by atoms with Gasteiger partial charge in [0.05, 0.1) is 18.2 Å². The van der Waals surface area contributed by atoms with E-state index in [1.165, 1.54) is 10.5 Å². The summed E-state index contributed by atoms with van der Waals surface area (Å²) in [6.45, 7) is 2.16. The van der Waals surface area contributed by atoms with Crippen LogP contribution in [0.1, 0.15) is 24.1 Å². The SMILES string of the molecule is CCSc1ccc(C(NC)c2ccc(Cl)c(OC)c2)cc1. The van der Waals surface area contributed by atoms with Crippen molar-refractivity contribution in [1.29, 1.82) is 0 Å². The summed E-state index contributed by atoms with van der Waals surface area (Å²) in [5.41, 5.74) is 2.36. The van der Waals surface area contributed by atoms with Gasteiger partial charge in [-0.3, -0.25) is 0 Å². The van der Waals surface area contributed by atoms with Gasteiger partial charge in [-0.15, -0.1) is 11.8 Å². The summed E-state index contributed by atoms with van der Waals surface area (Å²) in [6.07, 6.45) is 0. The monoisotopic (exact) mass is 321 g/mol. The Morgan fingerprint density at radius 2 is 1.81 bits per heavy atom. The van der Waals surface area contributed by atoms with Gasteiger partial charge in [0.1, 0.15) is 5.75 Å². The molecular formula is C17H20ClNOS. The first kappa shape index (κ1) is 16.2. The van der Waals surface area contributed by atoms with Crippen molar-refractivity contribution in [1.82, 2.24) is 5.32 Å². The highest BCUT2D eigenvalue weighted by molar-refractivity contribution is 7.99. The number of rotatable bonds is 6. The molecule has 21 heavy (non-hydrogen) atoms. The second-order valence-corrected chi connectivity index (χ2v) is 6.36. The number of thioether (sulfide) groups is 1. The molecule has 0 aliphatic carbocycles. The van der Waals surface area contributed by atoms with Crippen molar-refractivity contribution in [3.8, 4) is 5.75 Å². The maximum Gasteiger partial charge on any atom is 0.137 e. The van der Waals surface area contributed by atoms with Crippen LogP contribution in [0.4, 0.5) is 0 Å². The number of methoxy groups -OCH3 is 1. The molecule has 2 aromatic carbocycles. The molecule has 0 aliphatic rings. The minimum atomic E-state index is 0.122. The van der Waals surface area contributed by atoms with Gasteiger partial charge in [0.2, 0.25) is 0 Å². The zero-order valence-corrected chi connectivity index (χ0v) is 14.1. The minimum absolute atomic E-state index is 0.122. The van der Waals surface area contributed by atoms with E-state index in [2.05, 4.69) is 36.5 Å². The minimum Gasteiger partial charge on any atom is -0.495 e. The van der Waals surface area contributed by atoms with Crippen LogP contribution in [-0.2, 0) is 0 Å². The normalized spacial score (nSPS) is 12.2. The standard InChI is InChI=1S/C17H20ClNOS/c1-4-21-14-8-5-12(6-9-14)17(19-2)13-7-10-15(18)16(11-13)20-3/h5-11,17,19H,4H2,1-3H3. The summed E-state index contributed by atoms with van der Waals surface area (Å²) >= 11 is 7.95. The first-order chi connectivity index (χ1) is 10.2. The van der Waals surface area contributed by atoms with Gasteiger partial charge in [-0.1, -0.05) is 36.7 Å². The average molecular weight is 322 g/mol. The fourth-order valence-electron chi connectivity index (χ4n) is 2.30. The third kappa shape index (κ3) is 3.94. The molecule has 1 atom stereocenters. The molecule has 2 nitrogen and oxygen atoms in total. The predicted octanol–water partition coefficient (Wildman–Crippen LogP) is 4.77. The maximum absolute atomic E-state index is 6.10. The van der Waals surface area contributed by atoms with Crippen LogP contribution in [0.25, 0.3) is 0 Å². The molecular weight excluding hydrogens is 302 g/mol. The van der Waals surface area contributed by atoms with Crippen molar-refractivity contribution in [2.75, 3.05) is 19.9 Å². The zero-order valence-electron chi connectivity index (χ0n) is 12.5. The Labute approximate surface area is 135 Å². The van der Waals surface area contributed by atoms with Crippen LogP contribution >= 0.6 is 23.4 Å². The molecule has 0 amide bonds. The second kappa shape index (κ2) is 7.74. The van der Waals surface area contributed by atoms with Gasteiger partial charge in [0, 0.05) is 4.90 Å². The zero-order chi connectivity index (χ0) is 15.2. The third-order valence-corrected chi connectivity index (χ3v) is 4.53. The highest BCUT2D eigenvalue weighted by Gasteiger charge is 2.14. The van der Waals surface area contributed by atoms with Crippen molar-refractivity contribution in [3.63, 3.8) is 0 Å². The molecule has 0 saturated heterocycles. The molecule has 112 valence electrons. The number of hydrogen-bond donors (Lipinski definition) is 1. The van der Waals surface area contributed by atoms with Crippen LogP contribution in [0.5, 0.6) is 5.75 Å². The molecule has 0 spiro atoms. The molecule has 0 radical (unpaired) electrons. The number of nitrogens with one attached hydrogen (secondary N) is 1. The van der Waals surface area contributed by atoms with Crippen LogP contribution in [-0.4, -0.2) is 19.9 Å². The lowest BCUT2D eigenvalue weighted by Gasteiger charge is -2.18. The van der Waals surface area contributed by atoms with Crippen LogP contribution < -0.4 is 10.1 Å². The van der Waals surface area contributed by atoms with E-state index in [-0.39, 0.29) is 6.04 Å². The lowest BCUT2D eigenvalue weighted by atomic mass is 9.99. The average Bonchev–Trinajstić information content (AvgIpc) is 2.51. The van der Waals surface area contributed by atoms with E-state index in [0.29, 0.717) is 10.8 Å². The summed E-state index contributed by atoms with van der Waals surface area (Å²) in [7, 11) is 3.59. The molecule has 0 heterocycles. The van der Waals surface area contributed by atoms with Gasteiger partial charge < -0.3 is 10.1 Å². The molecule has 4 heteroatoms. The van der Waals surface area contributed by atoms with Crippen molar-refractivity contribution in [2.45, 2.75) is 17.9 Å². The topological polar surface area (TPSA) is 21.3 Å². The lowest BCUT2D eigenvalue weighted by Crippen LogP contribution is -2.17. The Kier molecular flexibility index (Phi) is 5.97. The van der Waals surface area contributed by atoms with E-state index in [9.17, 15) is 0 Å². The van der Waals surface area contributed by atoms with Crippen LogP contribution in [0, 0.1) is 0 Å². The number of halogens is 1. The number of hydrogen-bond acceptors (Lipinski definition) is 3. The molecule has 1 N–H and O–H groups in total. The van der Waals surface area contributed by atoms with E-state index in [4.69, 9.17) is 16.3 Å². The molecule has 1 unspecified atom stereocenters. The van der Waals surface area contributed by atoms with E-state index in [1.807, 2.05) is 37.0 Å². The van der Waals surface area contributed by atoms with E-state index < -0.39 is 0 Å². The van der Waals surface area contributed by atoms with Crippen LogP contribution in [0.3, 0.4) is 0 Å². The van der Waals surface area contributed by atoms with Crippen molar-refractivity contribution in [3.05, 3.63) is 58.6 Å². The van der Waals surface area contributed by atoms with Crippen molar-refractivity contribution < 1.29 is 4.74 Å². The Bertz CT molecular complexity index is 586. The van der Waals surface area contributed by atoms with Gasteiger partial charge >= 0.3 is 0 Å². The predicted molar refractivity (Wildman–Crippen MR) is 91.7 cm³/mol. The second-order valence-electron chi connectivity index (χ2n) is 4.62. The maximum atomic E-state index is 6.10. The Hall–Kier alpha value is -1.16. The largest absolute Gasteiger partial charge is 0.495 e. The Morgan fingerprint density at radius 1 is 1.14 bits per heavy atom. The Morgan fingerprint density at radius 3 is 2.38 bits per heavy atom. The van der Waals surface area contributed by atoms with Gasteiger partial charge in [0.15, 0.2) is 0 Å². The lowest BCUT2D eigenvalue weighted by molar-refractivity contribution is 0.414. The van der Waals surface area contributed by atoms with E-state index in [0.717, 1.165) is 11.3 Å². The van der Waals surface area contributed by atoms with Crippen LogP contribution in [0.2, 0.25) is 5.02 Å². The van der Waals surface area contributed by atoms with E-state index in [1.54, 1.807) is 7.11 Å².